The lowest BCUT2D eigenvalue weighted by Gasteiger charge is -2.11. The van der Waals surface area contributed by atoms with Gasteiger partial charge in [0.05, 0.1) is 12.1 Å². The van der Waals surface area contributed by atoms with Crippen molar-refractivity contribution in [3.8, 4) is 0 Å². The number of nitrogens with two attached hydrogens (primary N) is 1. The van der Waals surface area contributed by atoms with Crippen molar-refractivity contribution in [2.45, 2.75) is 25.3 Å². The quantitative estimate of drug-likeness (QED) is 0.762. The third-order valence-electron chi connectivity index (χ3n) is 3.11. The van der Waals surface area contributed by atoms with E-state index in [1.54, 1.807) is 0 Å². The molecule has 1 aliphatic rings. The van der Waals surface area contributed by atoms with Gasteiger partial charge >= 0.3 is 0 Å². The second-order valence-corrected chi connectivity index (χ2v) is 5.76. The van der Waals surface area contributed by atoms with Gasteiger partial charge in [-0.25, -0.2) is 0 Å². The van der Waals surface area contributed by atoms with Crippen LogP contribution in [0.3, 0.4) is 0 Å². The van der Waals surface area contributed by atoms with E-state index >= 15 is 0 Å². The standard InChI is InChI=1S/C13H16BrN3O2.ClH/c1-8-6-9(14)2-3-10(8)17-11(18)7-16-12(19)13(15)4-5-13;/h2-3,6H,4-5,7,15H2,1H3,(H,16,19)(H,17,18);1H. The van der Waals surface area contributed by atoms with Crippen LogP contribution in [0.1, 0.15) is 18.4 Å². The first-order chi connectivity index (χ1) is 8.90. The predicted octanol–water partition coefficient (Wildman–Crippen LogP) is 1.73. The van der Waals surface area contributed by atoms with Crippen LogP contribution in [0.4, 0.5) is 5.69 Å². The number of carbonyl (C=O) groups excluding carboxylic acids is 2. The summed E-state index contributed by atoms with van der Waals surface area (Å²) in [5, 5.41) is 5.30. The molecule has 110 valence electrons. The van der Waals surface area contributed by atoms with Gasteiger partial charge in [0.2, 0.25) is 11.8 Å². The van der Waals surface area contributed by atoms with E-state index in [2.05, 4.69) is 26.6 Å². The highest BCUT2D eigenvalue weighted by Gasteiger charge is 2.45. The Bertz CT molecular complexity index is 532. The van der Waals surface area contributed by atoms with E-state index in [1.807, 2.05) is 25.1 Å². The summed E-state index contributed by atoms with van der Waals surface area (Å²) in [7, 11) is 0. The highest BCUT2D eigenvalue weighted by atomic mass is 79.9. The summed E-state index contributed by atoms with van der Waals surface area (Å²) in [6, 6.07) is 5.57. The summed E-state index contributed by atoms with van der Waals surface area (Å²) in [5.41, 5.74) is 6.66. The van der Waals surface area contributed by atoms with Crippen molar-refractivity contribution in [3.05, 3.63) is 28.2 Å². The van der Waals surface area contributed by atoms with E-state index in [0.717, 1.165) is 15.7 Å². The Labute approximate surface area is 132 Å². The van der Waals surface area contributed by atoms with E-state index in [1.165, 1.54) is 0 Å². The molecule has 0 atom stereocenters. The van der Waals surface area contributed by atoms with Crippen molar-refractivity contribution in [3.63, 3.8) is 0 Å². The first-order valence-corrected chi connectivity index (χ1v) is 6.83. The smallest absolute Gasteiger partial charge is 0.243 e. The van der Waals surface area contributed by atoms with Gasteiger partial charge in [0.25, 0.3) is 0 Å². The molecule has 20 heavy (non-hydrogen) atoms. The average Bonchev–Trinajstić information content (AvgIpc) is 3.09. The van der Waals surface area contributed by atoms with E-state index in [9.17, 15) is 9.59 Å². The predicted molar refractivity (Wildman–Crippen MR) is 83.9 cm³/mol. The number of nitrogens with one attached hydrogen (secondary N) is 2. The van der Waals surface area contributed by atoms with Gasteiger partial charge in [-0.1, -0.05) is 15.9 Å². The van der Waals surface area contributed by atoms with Crippen molar-refractivity contribution < 1.29 is 9.59 Å². The maximum Gasteiger partial charge on any atom is 0.243 e. The maximum absolute atomic E-state index is 11.7. The van der Waals surface area contributed by atoms with Crippen molar-refractivity contribution in [2.24, 2.45) is 5.73 Å². The van der Waals surface area contributed by atoms with E-state index in [0.29, 0.717) is 12.8 Å². The van der Waals surface area contributed by atoms with Gasteiger partial charge in [-0.15, -0.1) is 12.4 Å². The normalized spacial score (nSPS) is 14.9. The molecule has 0 saturated heterocycles. The summed E-state index contributed by atoms with van der Waals surface area (Å²) in [5.74, 6) is -0.516. The zero-order chi connectivity index (χ0) is 14.0. The number of anilines is 1. The molecule has 1 aliphatic carbocycles. The maximum atomic E-state index is 11.7. The van der Waals surface area contributed by atoms with Crippen molar-refractivity contribution in [1.29, 1.82) is 0 Å². The molecule has 0 radical (unpaired) electrons. The minimum Gasteiger partial charge on any atom is -0.345 e. The van der Waals surface area contributed by atoms with E-state index < -0.39 is 5.54 Å². The Morgan fingerprint density at radius 3 is 2.60 bits per heavy atom. The van der Waals surface area contributed by atoms with Crippen LogP contribution in [0.2, 0.25) is 0 Å². The molecule has 0 spiro atoms. The van der Waals surface area contributed by atoms with Gasteiger partial charge in [-0.05, 0) is 43.5 Å². The molecular weight excluding hydrogens is 346 g/mol. The third-order valence-corrected chi connectivity index (χ3v) is 3.61. The summed E-state index contributed by atoms with van der Waals surface area (Å²) in [6.07, 6.45) is 1.37. The van der Waals surface area contributed by atoms with Gasteiger partial charge in [0, 0.05) is 10.2 Å². The molecule has 1 fully saturated rings. The number of rotatable bonds is 4. The van der Waals surface area contributed by atoms with Crippen LogP contribution in [-0.4, -0.2) is 23.9 Å². The van der Waals surface area contributed by atoms with Gasteiger partial charge in [0.15, 0.2) is 0 Å². The summed E-state index contributed by atoms with van der Waals surface area (Å²) < 4.78 is 0.954. The summed E-state index contributed by atoms with van der Waals surface area (Å²) in [4.78, 5) is 23.3. The molecule has 0 aromatic heterocycles. The van der Waals surface area contributed by atoms with Crippen molar-refractivity contribution >= 4 is 45.8 Å². The zero-order valence-electron chi connectivity index (χ0n) is 11.0. The molecule has 5 nitrogen and oxygen atoms in total. The van der Waals surface area contributed by atoms with Crippen LogP contribution in [0, 0.1) is 6.92 Å². The molecule has 2 amide bonds. The summed E-state index contributed by atoms with van der Waals surface area (Å²) >= 11 is 3.36. The van der Waals surface area contributed by atoms with Crippen LogP contribution < -0.4 is 16.4 Å². The molecule has 0 heterocycles. The van der Waals surface area contributed by atoms with Crippen molar-refractivity contribution in [1.82, 2.24) is 5.32 Å². The number of carbonyl (C=O) groups is 2. The first-order valence-electron chi connectivity index (χ1n) is 6.04. The zero-order valence-corrected chi connectivity index (χ0v) is 13.4. The van der Waals surface area contributed by atoms with Gasteiger partial charge in [-0.2, -0.15) is 0 Å². The average molecular weight is 363 g/mol. The molecule has 0 unspecified atom stereocenters. The second-order valence-electron chi connectivity index (χ2n) is 4.85. The third kappa shape index (κ3) is 4.19. The second kappa shape index (κ2) is 6.56. The Kier molecular flexibility index (Phi) is 5.56. The molecule has 1 saturated carbocycles. The number of aryl methyl sites for hydroxylation is 1. The molecule has 0 aliphatic heterocycles. The fourth-order valence-corrected chi connectivity index (χ4v) is 2.14. The molecule has 4 N–H and O–H groups in total. The lowest BCUT2D eigenvalue weighted by molar-refractivity contribution is -0.125. The molecule has 2 rings (SSSR count). The van der Waals surface area contributed by atoms with Crippen molar-refractivity contribution in [2.75, 3.05) is 11.9 Å². The highest BCUT2D eigenvalue weighted by molar-refractivity contribution is 9.10. The Morgan fingerprint density at radius 2 is 2.05 bits per heavy atom. The SMILES string of the molecule is Cc1cc(Br)ccc1NC(=O)CNC(=O)C1(N)CC1.Cl. The molecule has 1 aromatic rings. The van der Waals surface area contributed by atoms with Gasteiger partial charge in [0.1, 0.15) is 0 Å². The number of benzene rings is 1. The molecule has 7 heteroatoms. The molecular formula is C13H17BrClN3O2. The number of hydrogen-bond acceptors (Lipinski definition) is 3. The summed E-state index contributed by atoms with van der Waals surface area (Å²) in [6.45, 7) is 1.84. The monoisotopic (exact) mass is 361 g/mol. The van der Waals surface area contributed by atoms with Crippen LogP contribution in [-0.2, 0) is 9.59 Å². The van der Waals surface area contributed by atoms with Crippen LogP contribution in [0.5, 0.6) is 0 Å². The Balaban J connectivity index is 0.00000200. The molecule has 0 bridgehead atoms. The minimum atomic E-state index is -0.742. The van der Waals surface area contributed by atoms with E-state index in [4.69, 9.17) is 5.73 Å². The number of hydrogen-bond donors (Lipinski definition) is 3. The highest BCUT2D eigenvalue weighted by Crippen LogP contribution is 2.31. The molecule has 1 aromatic carbocycles. The lowest BCUT2D eigenvalue weighted by Crippen LogP contribution is -2.45. The Hall–Kier alpha value is -1.11. The van der Waals surface area contributed by atoms with Gasteiger partial charge in [-0.3, -0.25) is 9.59 Å². The fourth-order valence-electron chi connectivity index (χ4n) is 1.66. The van der Waals surface area contributed by atoms with E-state index in [-0.39, 0.29) is 30.8 Å². The lowest BCUT2D eigenvalue weighted by atomic mass is 10.2. The van der Waals surface area contributed by atoms with Crippen LogP contribution in [0.15, 0.2) is 22.7 Å². The van der Waals surface area contributed by atoms with Crippen LogP contribution >= 0.6 is 28.3 Å². The fraction of sp³-hybridized carbons (Fsp3) is 0.385. The van der Waals surface area contributed by atoms with Crippen LogP contribution in [0.25, 0.3) is 0 Å². The largest absolute Gasteiger partial charge is 0.345 e. The first kappa shape index (κ1) is 16.9. The minimum absolute atomic E-state index is 0. The Morgan fingerprint density at radius 1 is 1.40 bits per heavy atom. The van der Waals surface area contributed by atoms with Gasteiger partial charge < -0.3 is 16.4 Å². The topological polar surface area (TPSA) is 84.2 Å². The number of amides is 2. The number of halogens is 2.